The molecule has 4 rings (SSSR count). The summed E-state index contributed by atoms with van der Waals surface area (Å²) in [6.45, 7) is 0.00525. The van der Waals surface area contributed by atoms with Gasteiger partial charge in [-0.2, -0.15) is 5.10 Å². The van der Waals surface area contributed by atoms with Crippen molar-refractivity contribution in [2.45, 2.75) is 18.0 Å². The molecule has 174 valence electrons. The van der Waals surface area contributed by atoms with Gasteiger partial charge in [-0.25, -0.2) is 22.5 Å². The highest BCUT2D eigenvalue weighted by Crippen LogP contribution is 2.21. The van der Waals surface area contributed by atoms with E-state index >= 15 is 0 Å². The zero-order valence-corrected chi connectivity index (χ0v) is 18.4. The largest absolute Gasteiger partial charge is 0.481 e. The van der Waals surface area contributed by atoms with Crippen molar-refractivity contribution in [3.05, 3.63) is 78.1 Å². The van der Waals surface area contributed by atoms with E-state index in [0.29, 0.717) is 22.2 Å². The molecule has 1 aromatic carbocycles. The SMILES string of the molecule is O=C(O)CCS(=O)(=O)c1cc(CNC(=O)c2cncc3c2cnn3-c2ccc(F)cc2)ccn1. The number of pyridine rings is 2. The monoisotopic (exact) mass is 483 g/mol. The Balaban J connectivity index is 1.52. The number of fused-ring (bicyclic) bond motifs is 1. The van der Waals surface area contributed by atoms with Gasteiger partial charge >= 0.3 is 5.97 Å². The molecule has 0 aliphatic rings. The molecule has 0 aliphatic heterocycles. The average Bonchev–Trinajstić information content (AvgIpc) is 3.26. The van der Waals surface area contributed by atoms with Gasteiger partial charge in [0, 0.05) is 24.3 Å². The van der Waals surface area contributed by atoms with Crippen LogP contribution in [0.15, 0.2) is 66.2 Å². The van der Waals surface area contributed by atoms with Gasteiger partial charge in [0.05, 0.1) is 41.3 Å². The summed E-state index contributed by atoms with van der Waals surface area (Å²) in [5, 5.41) is 16.0. The Labute approximate surface area is 193 Å². The van der Waals surface area contributed by atoms with Gasteiger partial charge in [0.25, 0.3) is 5.91 Å². The molecular weight excluding hydrogens is 465 g/mol. The maximum atomic E-state index is 13.2. The highest BCUT2D eigenvalue weighted by molar-refractivity contribution is 7.91. The van der Waals surface area contributed by atoms with Crippen LogP contribution in [0.5, 0.6) is 0 Å². The number of carbonyl (C=O) groups excluding carboxylic acids is 1. The molecule has 0 saturated heterocycles. The summed E-state index contributed by atoms with van der Waals surface area (Å²) in [6, 6.07) is 8.56. The normalized spacial score (nSPS) is 11.4. The molecule has 4 aromatic rings. The van der Waals surface area contributed by atoms with E-state index in [1.807, 2.05) is 0 Å². The quantitative estimate of drug-likeness (QED) is 0.388. The Kier molecular flexibility index (Phi) is 6.32. The molecule has 0 atom stereocenters. The molecule has 1 amide bonds. The molecule has 0 saturated carbocycles. The maximum absolute atomic E-state index is 13.2. The van der Waals surface area contributed by atoms with Gasteiger partial charge in [-0.05, 0) is 42.0 Å². The van der Waals surface area contributed by atoms with E-state index in [1.54, 1.807) is 24.4 Å². The summed E-state index contributed by atoms with van der Waals surface area (Å²) in [4.78, 5) is 31.5. The number of halogens is 1. The third-order valence-electron chi connectivity index (χ3n) is 4.97. The van der Waals surface area contributed by atoms with Crippen LogP contribution in [0.2, 0.25) is 0 Å². The second kappa shape index (κ2) is 9.35. The first-order valence-corrected chi connectivity index (χ1v) is 11.7. The van der Waals surface area contributed by atoms with Crippen molar-refractivity contribution in [1.29, 1.82) is 0 Å². The number of sulfone groups is 1. The number of carbonyl (C=O) groups is 2. The Hall–Kier alpha value is -4.19. The number of aromatic nitrogens is 4. The van der Waals surface area contributed by atoms with E-state index in [1.165, 1.54) is 41.5 Å². The standard InChI is InChI=1S/C22H18FN5O5S/c23-15-1-3-16(4-2-15)28-19-13-24-11-18(17(19)12-27-28)22(31)26-10-14-5-7-25-20(9-14)34(32,33)8-6-21(29)30/h1-5,7,9,11-13H,6,8,10H2,(H,26,31)(H,29,30). The van der Waals surface area contributed by atoms with Crippen LogP contribution in [-0.2, 0) is 21.2 Å². The first kappa shape index (κ1) is 23.0. The minimum absolute atomic E-state index is 0.00525. The van der Waals surface area contributed by atoms with Crippen LogP contribution in [-0.4, -0.2) is 50.9 Å². The molecule has 0 fully saturated rings. The van der Waals surface area contributed by atoms with Crippen molar-refractivity contribution < 1.29 is 27.5 Å². The van der Waals surface area contributed by atoms with Crippen molar-refractivity contribution in [3.8, 4) is 5.69 Å². The number of aliphatic carboxylic acids is 1. The molecular formula is C22H18FN5O5S. The number of hydrogen-bond donors (Lipinski definition) is 2. The molecule has 2 N–H and O–H groups in total. The van der Waals surface area contributed by atoms with Gasteiger partial charge in [-0.1, -0.05) is 0 Å². The van der Waals surface area contributed by atoms with E-state index in [4.69, 9.17) is 5.11 Å². The number of carboxylic acid groups (broad SMARTS) is 1. The van der Waals surface area contributed by atoms with Gasteiger partial charge in [0.1, 0.15) is 5.82 Å². The minimum Gasteiger partial charge on any atom is -0.481 e. The number of benzene rings is 1. The molecule has 0 bridgehead atoms. The Morgan fingerprint density at radius 3 is 2.59 bits per heavy atom. The summed E-state index contributed by atoms with van der Waals surface area (Å²) in [5.41, 5.74) is 1.88. The molecule has 3 heterocycles. The van der Waals surface area contributed by atoms with Gasteiger partial charge in [-0.3, -0.25) is 14.6 Å². The third kappa shape index (κ3) is 4.91. The number of carboxylic acids is 1. The lowest BCUT2D eigenvalue weighted by Gasteiger charge is -2.08. The van der Waals surface area contributed by atoms with Crippen LogP contribution in [0.4, 0.5) is 4.39 Å². The number of amides is 1. The van der Waals surface area contributed by atoms with Crippen LogP contribution < -0.4 is 5.32 Å². The first-order chi connectivity index (χ1) is 16.2. The molecule has 12 heteroatoms. The topological polar surface area (TPSA) is 144 Å². The van der Waals surface area contributed by atoms with Crippen LogP contribution in [0, 0.1) is 5.82 Å². The summed E-state index contributed by atoms with van der Waals surface area (Å²) >= 11 is 0. The molecule has 10 nitrogen and oxygen atoms in total. The molecule has 0 aliphatic carbocycles. The van der Waals surface area contributed by atoms with E-state index in [-0.39, 0.29) is 23.0 Å². The Morgan fingerprint density at radius 1 is 1.09 bits per heavy atom. The number of nitrogens with zero attached hydrogens (tertiary/aromatic N) is 4. The molecule has 34 heavy (non-hydrogen) atoms. The lowest BCUT2D eigenvalue weighted by molar-refractivity contribution is -0.136. The number of nitrogens with one attached hydrogen (secondary N) is 1. The Morgan fingerprint density at radius 2 is 1.85 bits per heavy atom. The fraction of sp³-hybridized carbons (Fsp3) is 0.136. The fourth-order valence-corrected chi connectivity index (χ4v) is 4.45. The predicted octanol–water partition coefficient (Wildman–Crippen LogP) is 2.13. The van der Waals surface area contributed by atoms with Gasteiger partial charge in [-0.15, -0.1) is 0 Å². The number of rotatable bonds is 8. The van der Waals surface area contributed by atoms with Gasteiger partial charge < -0.3 is 10.4 Å². The zero-order valence-electron chi connectivity index (χ0n) is 17.6. The van der Waals surface area contributed by atoms with Gasteiger partial charge in [0.2, 0.25) is 0 Å². The minimum atomic E-state index is -3.87. The second-order valence-corrected chi connectivity index (χ2v) is 9.36. The summed E-state index contributed by atoms with van der Waals surface area (Å²) in [6.07, 6.45) is 5.19. The number of hydrogen-bond acceptors (Lipinski definition) is 7. The van der Waals surface area contributed by atoms with E-state index in [2.05, 4.69) is 20.4 Å². The van der Waals surface area contributed by atoms with E-state index < -0.39 is 33.9 Å². The summed E-state index contributed by atoms with van der Waals surface area (Å²) in [5.74, 6) is -2.63. The van der Waals surface area contributed by atoms with Crippen LogP contribution in [0.1, 0.15) is 22.3 Å². The van der Waals surface area contributed by atoms with Crippen molar-refractivity contribution >= 4 is 32.6 Å². The van der Waals surface area contributed by atoms with Crippen LogP contribution >= 0.6 is 0 Å². The molecule has 3 aromatic heterocycles. The molecule has 0 unspecified atom stereocenters. The van der Waals surface area contributed by atoms with Crippen molar-refractivity contribution in [1.82, 2.24) is 25.1 Å². The maximum Gasteiger partial charge on any atom is 0.304 e. The van der Waals surface area contributed by atoms with E-state index in [0.717, 1.165) is 0 Å². The second-order valence-electron chi connectivity index (χ2n) is 7.30. The smallest absolute Gasteiger partial charge is 0.304 e. The average molecular weight is 483 g/mol. The van der Waals surface area contributed by atoms with Crippen molar-refractivity contribution in [3.63, 3.8) is 0 Å². The van der Waals surface area contributed by atoms with Crippen LogP contribution in [0.25, 0.3) is 16.6 Å². The van der Waals surface area contributed by atoms with Crippen molar-refractivity contribution in [2.24, 2.45) is 0 Å². The Bertz CT molecular complexity index is 1490. The molecule has 0 spiro atoms. The fourth-order valence-electron chi connectivity index (χ4n) is 3.24. The summed E-state index contributed by atoms with van der Waals surface area (Å²) < 4.78 is 39.3. The molecule has 0 radical (unpaired) electrons. The highest BCUT2D eigenvalue weighted by atomic mass is 32.2. The summed E-state index contributed by atoms with van der Waals surface area (Å²) in [7, 11) is -3.87. The lowest BCUT2D eigenvalue weighted by Crippen LogP contribution is -2.23. The predicted molar refractivity (Wildman–Crippen MR) is 119 cm³/mol. The van der Waals surface area contributed by atoms with Gasteiger partial charge in [0.15, 0.2) is 14.9 Å². The highest BCUT2D eigenvalue weighted by Gasteiger charge is 2.19. The third-order valence-corrected chi connectivity index (χ3v) is 6.57. The first-order valence-electron chi connectivity index (χ1n) is 10.00. The van der Waals surface area contributed by atoms with Crippen molar-refractivity contribution in [2.75, 3.05) is 5.75 Å². The van der Waals surface area contributed by atoms with E-state index in [9.17, 15) is 22.4 Å². The lowest BCUT2D eigenvalue weighted by atomic mass is 10.1. The zero-order chi connectivity index (χ0) is 24.3. The van der Waals surface area contributed by atoms with Crippen LogP contribution in [0.3, 0.4) is 0 Å².